The Morgan fingerprint density at radius 2 is 1.72 bits per heavy atom. The van der Waals surface area contributed by atoms with Crippen molar-refractivity contribution in [3.05, 3.63) is 59.7 Å². The van der Waals surface area contributed by atoms with Crippen LogP contribution in [0.3, 0.4) is 0 Å². The zero-order valence-electron chi connectivity index (χ0n) is 20.3. The molecule has 8 nitrogen and oxygen atoms in total. The number of fused-ring (bicyclic) bond motifs is 13. The van der Waals surface area contributed by atoms with Crippen molar-refractivity contribution in [1.29, 1.82) is 0 Å². The number of nitrogens with zero attached hydrogens (tertiary/aromatic N) is 3. The molecule has 180 valence electrons. The number of hydrogen-bond donors (Lipinski definition) is 2. The van der Waals surface area contributed by atoms with E-state index in [-0.39, 0.29) is 11.8 Å². The van der Waals surface area contributed by atoms with E-state index in [2.05, 4.69) is 38.7 Å². The average molecular weight is 480 g/mol. The Hall–Kier alpha value is -3.88. The molecule has 3 aliphatic heterocycles. The van der Waals surface area contributed by atoms with Gasteiger partial charge in [-0.1, -0.05) is 36.4 Å². The molecule has 8 rings (SSSR count). The smallest absolute Gasteiger partial charge is 0.252 e. The topological polar surface area (TPSA) is 94.5 Å². The van der Waals surface area contributed by atoms with Gasteiger partial charge in [0, 0.05) is 48.6 Å². The Bertz CT molecular complexity index is 1860. The second-order valence-electron chi connectivity index (χ2n) is 10.7. The first-order valence-corrected chi connectivity index (χ1v) is 12.3. The van der Waals surface area contributed by atoms with Crippen LogP contribution in [0, 0.1) is 0 Å². The summed E-state index contributed by atoms with van der Waals surface area (Å²) < 4.78 is 11.2. The van der Waals surface area contributed by atoms with Crippen LogP contribution in [0.1, 0.15) is 35.5 Å². The lowest BCUT2D eigenvalue weighted by atomic mass is 9.84. The second kappa shape index (κ2) is 6.08. The van der Waals surface area contributed by atoms with Gasteiger partial charge in [-0.05, 0) is 24.6 Å². The number of ether oxygens (including phenoxy) is 1. The predicted molar refractivity (Wildman–Crippen MR) is 138 cm³/mol. The lowest BCUT2D eigenvalue weighted by Gasteiger charge is -2.41. The van der Waals surface area contributed by atoms with E-state index in [9.17, 15) is 9.59 Å². The van der Waals surface area contributed by atoms with E-state index in [0.29, 0.717) is 13.0 Å². The lowest BCUT2D eigenvalue weighted by Crippen LogP contribution is -2.65. The number of nitrogens with two attached hydrogens (primary N) is 1. The number of benzene rings is 3. The Balaban J connectivity index is 1.71. The van der Waals surface area contributed by atoms with Gasteiger partial charge in [0.05, 0.1) is 27.6 Å². The quantitative estimate of drug-likeness (QED) is 0.385. The summed E-state index contributed by atoms with van der Waals surface area (Å²) >= 11 is 0. The van der Waals surface area contributed by atoms with Crippen molar-refractivity contribution in [3.8, 4) is 0 Å². The van der Waals surface area contributed by atoms with Gasteiger partial charge in [0.15, 0.2) is 5.72 Å². The number of para-hydroxylation sites is 2. The lowest BCUT2D eigenvalue weighted by molar-refractivity contribution is -0.155. The summed E-state index contributed by atoms with van der Waals surface area (Å²) in [6.45, 7) is 2.40. The number of nitrogens with one attached hydrogen (secondary N) is 1. The van der Waals surface area contributed by atoms with Crippen LogP contribution in [-0.4, -0.2) is 45.5 Å². The van der Waals surface area contributed by atoms with Crippen LogP contribution in [0.4, 0.5) is 0 Å². The van der Waals surface area contributed by atoms with Crippen LogP contribution >= 0.6 is 0 Å². The first-order chi connectivity index (χ1) is 17.3. The Kier molecular flexibility index (Phi) is 3.44. The minimum atomic E-state index is -1.31. The molecule has 0 spiro atoms. The average Bonchev–Trinajstić information content (AvgIpc) is 3.55. The van der Waals surface area contributed by atoms with Crippen LogP contribution in [0.25, 0.3) is 43.6 Å². The molecule has 0 unspecified atom stereocenters. The molecule has 2 bridgehead atoms. The molecule has 2 aromatic heterocycles. The van der Waals surface area contributed by atoms with E-state index in [0.717, 1.165) is 54.7 Å². The molecule has 1 fully saturated rings. The number of rotatable bonds is 1. The van der Waals surface area contributed by atoms with Crippen molar-refractivity contribution in [2.45, 2.75) is 37.4 Å². The highest BCUT2D eigenvalue weighted by Crippen LogP contribution is 2.57. The van der Waals surface area contributed by atoms with Crippen LogP contribution in [0.15, 0.2) is 48.5 Å². The third kappa shape index (κ3) is 1.96. The molecule has 3 aromatic carbocycles. The Morgan fingerprint density at radius 3 is 2.44 bits per heavy atom. The van der Waals surface area contributed by atoms with Crippen molar-refractivity contribution in [3.63, 3.8) is 0 Å². The number of hydrogen-bond acceptors (Lipinski definition) is 4. The maximum Gasteiger partial charge on any atom is 0.252 e. The van der Waals surface area contributed by atoms with E-state index in [1.54, 1.807) is 19.0 Å². The highest BCUT2D eigenvalue weighted by molar-refractivity contribution is 6.31. The normalized spacial score (nSPS) is 26.3. The van der Waals surface area contributed by atoms with Crippen LogP contribution in [0.2, 0.25) is 0 Å². The van der Waals surface area contributed by atoms with E-state index >= 15 is 0 Å². The molecule has 3 atom stereocenters. The van der Waals surface area contributed by atoms with Gasteiger partial charge in [0.25, 0.3) is 5.91 Å². The number of likely N-dealkylation sites (N-methyl/N-ethyl adjacent to an activating group) is 1. The third-order valence-electron chi connectivity index (χ3n) is 8.71. The highest BCUT2D eigenvalue weighted by Gasteiger charge is 2.63. The largest absolute Gasteiger partial charge is 0.348 e. The van der Waals surface area contributed by atoms with Gasteiger partial charge in [-0.2, -0.15) is 0 Å². The SMILES string of the molecule is CN(C)C(=O)[C@@]1(N)C[C@H]2O[C@]1(C)n1c3ccccc3c3c4c(c5c6ccccc6n2c5c31)C(=O)NC4. The van der Waals surface area contributed by atoms with Crippen LogP contribution in [-0.2, 0) is 21.8 Å². The summed E-state index contributed by atoms with van der Waals surface area (Å²) in [7, 11) is 3.47. The molecule has 3 aliphatic rings. The monoisotopic (exact) mass is 479 g/mol. The van der Waals surface area contributed by atoms with Gasteiger partial charge in [0.2, 0.25) is 5.91 Å². The van der Waals surface area contributed by atoms with Gasteiger partial charge in [-0.25, -0.2) is 0 Å². The summed E-state index contributed by atoms with van der Waals surface area (Å²) in [5.41, 5.74) is 10.2. The van der Waals surface area contributed by atoms with Crippen molar-refractivity contribution in [1.82, 2.24) is 19.4 Å². The molecular weight excluding hydrogens is 454 g/mol. The molecule has 5 heterocycles. The zero-order chi connectivity index (χ0) is 24.7. The maximum absolute atomic E-state index is 13.7. The highest BCUT2D eigenvalue weighted by atomic mass is 16.5. The van der Waals surface area contributed by atoms with Crippen molar-refractivity contribution < 1.29 is 14.3 Å². The fourth-order valence-electron chi connectivity index (χ4n) is 7.18. The summed E-state index contributed by atoms with van der Waals surface area (Å²) in [6, 6.07) is 16.3. The van der Waals surface area contributed by atoms with Crippen molar-refractivity contribution in [2.24, 2.45) is 5.73 Å². The molecule has 0 radical (unpaired) electrons. The fraction of sp³-hybridized carbons (Fsp3) is 0.286. The number of carbonyl (C=O) groups excluding carboxylic acids is 2. The van der Waals surface area contributed by atoms with Gasteiger partial charge in [-0.3, -0.25) is 9.59 Å². The van der Waals surface area contributed by atoms with E-state index in [1.807, 2.05) is 31.2 Å². The molecule has 2 amide bonds. The number of carbonyl (C=O) groups is 2. The first-order valence-electron chi connectivity index (χ1n) is 12.3. The minimum Gasteiger partial charge on any atom is -0.348 e. The third-order valence-corrected chi connectivity index (χ3v) is 8.71. The molecule has 8 heteroatoms. The van der Waals surface area contributed by atoms with E-state index in [4.69, 9.17) is 10.5 Å². The van der Waals surface area contributed by atoms with Gasteiger partial charge in [-0.15, -0.1) is 0 Å². The van der Waals surface area contributed by atoms with Crippen molar-refractivity contribution in [2.75, 3.05) is 14.1 Å². The van der Waals surface area contributed by atoms with Gasteiger partial charge >= 0.3 is 0 Å². The van der Waals surface area contributed by atoms with E-state index < -0.39 is 17.5 Å². The molecular formula is C28H25N5O3. The molecule has 1 saturated heterocycles. The fourth-order valence-corrected chi connectivity index (χ4v) is 7.18. The molecule has 5 aromatic rings. The van der Waals surface area contributed by atoms with Crippen LogP contribution < -0.4 is 11.1 Å². The van der Waals surface area contributed by atoms with E-state index in [1.165, 1.54) is 0 Å². The number of amides is 2. The molecule has 36 heavy (non-hydrogen) atoms. The summed E-state index contributed by atoms with van der Waals surface area (Å²) in [5.74, 6) is -0.225. The standard InChI is InChI=1S/C28H25N5O3/c1-27-28(29,26(35)31(2)3)12-19(36-27)32-17-10-6-4-8-14(17)21-22-16(13-30-25(22)34)20-15-9-5-7-11-18(15)33(27)24(20)23(21)32/h4-11,19H,12-13,29H2,1-3H3,(H,30,34)/t19-,27+,28+/m1/s1. The minimum absolute atomic E-state index is 0.0517. The van der Waals surface area contributed by atoms with Gasteiger partial charge < -0.3 is 29.8 Å². The summed E-state index contributed by atoms with van der Waals surface area (Å²) in [4.78, 5) is 28.6. The van der Waals surface area contributed by atoms with Crippen molar-refractivity contribution >= 4 is 55.4 Å². The summed E-state index contributed by atoms with van der Waals surface area (Å²) in [5, 5.41) is 7.06. The molecule has 3 N–H and O–H groups in total. The summed E-state index contributed by atoms with van der Waals surface area (Å²) in [6.07, 6.45) is -0.166. The van der Waals surface area contributed by atoms with Crippen LogP contribution in [0.5, 0.6) is 0 Å². The Morgan fingerprint density at radius 1 is 1.06 bits per heavy atom. The molecule has 0 aliphatic carbocycles. The number of aromatic nitrogens is 2. The maximum atomic E-state index is 13.7. The van der Waals surface area contributed by atoms with Gasteiger partial charge in [0.1, 0.15) is 11.8 Å². The predicted octanol–water partition coefficient (Wildman–Crippen LogP) is 3.54. The Labute approximate surface area is 206 Å². The molecule has 0 saturated carbocycles. The first kappa shape index (κ1) is 20.3. The second-order valence-corrected chi connectivity index (χ2v) is 10.7. The zero-order valence-corrected chi connectivity index (χ0v) is 20.3.